The number of hydrazone groups is 1. The monoisotopic (exact) mass is 310 g/mol. The Bertz CT molecular complexity index is 713. The molecule has 23 heavy (non-hydrogen) atoms. The SMILES string of the molecule is O=C(CC1CCCCC1)NN=Cc1cccc2cccc(O)c12. The van der Waals surface area contributed by atoms with Gasteiger partial charge in [0.15, 0.2) is 0 Å². The van der Waals surface area contributed by atoms with Gasteiger partial charge < -0.3 is 5.11 Å². The molecule has 4 nitrogen and oxygen atoms in total. The lowest BCUT2D eigenvalue weighted by Crippen LogP contribution is -2.22. The van der Waals surface area contributed by atoms with Crippen molar-refractivity contribution in [1.29, 1.82) is 0 Å². The highest BCUT2D eigenvalue weighted by Gasteiger charge is 2.16. The topological polar surface area (TPSA) is 61.7 Å². The van der Waals surface area contributed by atoms with Crippen molar-refractivity contribution in [1.82, 2.24) is 5.43 Å². The van der Waals surface area contributed by atoms with E-state index in [-0.39, 0.29) is 11.7 Å². The van der Waals surface area contributed by atoms with Gasteiger partial charge in [-0.2, -0.15) is 5.10 Å². The van der Waals surface area contributed by atoms with Crippen LogP contribution in [0.2, 0.25) is 0 Å². The zero-order chi connectivity index (χ0) is 16.1. The van der Waals surface area contributed by atoms with Gasteiger partial charge in [-0.05, 0) is 30.2 Å². The number of nitrogens with one attached hydrogen (secondary N) is 1. The van der Waals surface area contributed by atoms with Gasteiger partial charge in [0, 0.05) is 17.4 Å². The molecule has 2 aromatic rings. The number of rotatable bonds is 4. The lowest BCUT2D eigenvalue weighted by Gasteiger charge is -2.20. The van der Waals surface area contributed by atoms with Crippen molar-refractivity contribution in [2.24, 2.45) is 11.0 Å². The lowest BCUT2D eigenvalue weighted by atomic mass is 9.87. The maximum atomic E-state index is 12.0. The van der Waals surface area contributed by atoms with Crippen LogP contribution in [-0.4, -0.2) is 17.2 Å². The highest BCUT2D eigenvalue weighted by molar-refractivity contribution is 6.03. The molecule has 0 atom stereocenters. The second-order valence-corrected chi connectivity index (χ2v) is 6.22. The molecule has 0 heterocycles. The van der Waals surface area contributed by atoms with Crippen LogP contribution >= 0.6 is 0 Å². The van der Waals surface area contributed by atoms with Crippen molar-refractivity contribution in [3.05, 3.63) is 42.0 Å². The number of amides is 1. The maximum Gasteiger partial charge on any atom is 0.240 e. The molecule has 0 aliphatic heterocycles. The fourth-order valence-corrected chi connectivity index (χ4v) is 3.33. The van der Waals surface area contributed by atoms with E-state index >= 15 is 0 Å². The normalized spacial score (nSPS) is 16.0. The van der Waals surface area contributed by atoms with Crippen molar-refractivity contribution >= 4 is 22.9 Å². The molecule has 0 aromatic heterocycles. The summed E-state index contributed by atoms with van der Waals surface area (Å²) in [6, 6.07) is 11.1. The van der Waals surface area contributed by atoms with E-state index in [1.54, 1.807) is 12.3 Å². The van der Waals surface area contributed by atoms with Gasteiger partial charge in [-0.15, -0.1) is 0 Å². The lowest BCUT2D eigenvalue weighted by molar-refractivity contribution is -0.122. The summed E-state index contributed by atoms with van der Waals surface area (Å²) in [4.78, 5) is 12.0. The number of nitrogens with zero attached hydrogens (tertiary/aromatic N) is 1. The Balaban J connectivity index is 1.65. The quantitative estimate of drug-likeness (QED) is 0.663. The molecule has 0 saturated heterocycles. The fraction of sp³-hybridized carbons (Fsp3) is 0.368. The first-order valence-corrected chi connectivity index (χ1v) is 8.26. The van der Waals surface area contributed by atoms with Crippen LogP contribution in [0.3, 0.4) is 0 Å². The number of phenolic OH excluding ortho intramolecular Hbond substituents is 1. The molecule has 0 unspecified atom stereocenters. The maximum absolute atomic E-state index is 12.0. The predicted octanol–water partition coefficient (Wildman–Crippen LogP) is 3.97. The summed E-state index contributed by atoms with van der Waals surface area (Å²) in [5.41, 5.74) is 3.40. The van der Waals surface area contributed by atoms with Crippen LogP contribution in [0.15, 0.2) is 41.5 Å². The molecule has 2 aromatic carbocycles. The van der Waals surface area contributed by atoms with E-state index in [1.807, 2.05) is 30.3 Å². The Hall–Kier alpha value is -2.36. The summed E-state index contributed by atoms with van der Waals surface area (Å²) in [7, 11) is 0. The highest BCUT2D eigenvalue weighted by atomic mass is 16.3. The van der Waals surface area contributed by atoms with E-state index in [1.165, 1.54) is 19.3 Å². The highest BCUT2D eigenvalue weighted by Crippen LogP contribution is 2.27. The minimum Gasteiger partial charge on any atom is -0.507 e. The van der Waals surface area contributed by atoms with Gasteiger partial charge in [-0.3, -0.25) is 4.79 Å². The molecule has 1 aliphatic carbocycles. The summed E-state index contributed by atoms with van der Waals surface area (Å²) in [6.07, 6.45) is 8.20. The smallest absolute Gasteiger partial charge is 0.240 e. The number of carbonyl (C=O) groups is 1. The van der Waals surface area contributed by atoms with Crippen LogP contribution in [0, 0.1) is 5.92 Å². The van der Waals surface area contributed by atoms with Crippen molar-refractivity contribution < 1.29 is 9.90 Å². The van der Waals surface area contributed by atoms with Gasteiger partial charge in [0.05, 0.1) is 6.21 Å². The molecular weight excluding hydrogens is 288 g/mol. The van der Waals surface area contributed by atoms with Crippen LogP contribution in [0.1, 0.15) is 44.1 Å². The van der Waals surface area contributed by atoms with Crippen LogP contribution in [0.25, 0.3) is 10.8 Å². The van der Waals surface area contributed by atoms with Crippen molar-refractivity contribution in [3.8, 4) is 5.75 Å². The van der Waals surface area contributed by atoms with E-state index in [4.69, 9.17) is 0 Å². The van der Waals surface area contributed by atoms with Gasteiger partial charge in [-0.25, -0.2) is 5.43 Å². The summed E-state index contributed by atoms with van der Waals surface area (Å²) >= 11 is 0. The Kier molecular flexibility index (Phi) is 4.91. The molecule has 0 spiro atoms. The number of hydrogen-bond acceptors (Lipinski definition) is 3. The molecule has 120 valence electrons. The third kappa shape index (κ3) is 3.89. The Morgan fingerprint density at radius 2 is 1.91 bits per heavy atom. The van der Waals surface area contributed by atoms with Gasteiger partial charge in [0.2, 0.25) is 5.91 Å². The molecule has 4 heteroatoms. The van der Waals surface area contributed by atoms with Crippen molar-refractivity contribution in [2.75, 3.05) is 0 Å². The van der Waals surface area contributed by atoms with Gasteiger partial charge in [0.1, 0.15) is 5.75 Å². The van der Waals surface area contributed by atoms with Gasteiger partial charge in [0.25, 0.3) is 0 Å². The fourth-order valence-electron chi connectivity index (χ4n) is 3.33. The van der Waals surface area contributed by atoms with Crippen molar-refractivity contribution in [3.63, 3.8) is 0 Å². The number of carbonyl (C=O) groups excluding carboxylic acids is 1. The van der Waals surface area contributed by atoms with Gasteiger partial charge in [-0.1, -0.05) is 49.6 Å². The summed E-state index contributed by atoms with van der Waals surface area (Å²) in [6.45, 7) is 0. The number of fused-ring (bicyclic) bond motifs is 1. The molecule has 0 radical (unpaired) electrons. The second kappa shape index (κ2) is 7.27. The first-order chi connectivity index (χ1) is 11.2. The summed E-state index contributed by atoms with van der Waals surface area (Å²) in [5.74, 6) is 0.691. The van der Waals surface area contributed by atoms with Crippen LogP contribution < -0.4 is 5.43 Å². The zero-order valence-electron chi connectivity index (χ0n) is 13.2. The molecule has 1 saturated carbocycles. The molecule has 1 fully saturated rings. The summed E-state index contributed by atoms with van der Waals surface area (Å²) < 4.78 is 0. The molecular formula is C19H22N2O2. The minimum absolute atomic E-state index is 0.0300. The predicted molar refractivity (Wildman–Crippen MR) is 92.5 cm³/mol. The molecule has 3 rings (SSSR count). The minimum atomic E-state index is -0.0300. The third-order valence-electron chi connectivity index (χ3n) is 4.51. The number of benzene rings is 2. The van der Waals surface area contributed by atoms with E-state index in [0.29, 0.717) is 12.3 Å². The van der Waals surface area contributed by atoms with E-state index in [2.05, 4.69) is 10.5 Å². The molecule has 1 amide bonds. The zero-order valence-corrected chi connectivity index (χ0v) is 13.2. The Morgan fingerprint density at radius 3 is 2.70 bits per heavy atom. The van der Waals surface area contributed by atoms with Crippen LogP contribution in [-0.2, 0) is 4.79 Å². The van der Waals surface area contributed by atoms with Crippen LogP contribution in [0.4, 0.5) is 0 Å². The largest absolute Gasteiger partial charge is 0.507 e. The Labute approximate surface area is 136 Å². The van der Waals surface area contributed by atoms with E-state index in [0.717, 1.165) is 29.2 Å². The third-order valence-corrected chi connectivity index (χ3v) is 4.51. The van der Waals surface area contributed by atoms with E-state index < -0.39 is 0 Å². The van der Waals surface area contributed by atoms with E-state index in [9.17, 15) is 9.90 Å². The van der Waals surface area contributed by atoms with Gasteiger partial charge >= 0.3 is 0 Å². The number of hydrogen-bond donors (Lipinski definition) is 2. The first-order valence-electron chi connectivity index (χ1n) is 8.26. The number of aromatic hydroxyl groups is 1. The number of phenols is 1. The van der Waals surface area contributed by atoms with Crippen molar-refractivity contribution in [2.45, 2.75) is 38.5 Å². The standard InChI is InChI=1S/C19H22N2O2/c22-17-11-5-9-15-8-4-10-16(19(15)17)13-20-21-18(23)12-14-6-2-1-3-7-14/h4-5,8-11,13-14,22H,1-3,6-7,12H2,(H,21,23). The second-order valence-electron chi connectivity index (χ2n) is 6.22. The summed E-state index contributed by atoms with van der Waals surface area (Å²) in [5, 5.41) is 15.8. The molecule has 1 aliphatic rings. The molecule has 2 N–H and O–H groups in total. The average molecular weight is 310 g/mol. The molecule has 0 bridgehead atoms. The first kappa shape index (κ1) is 15.5. The Morgan fingerprint density at radius 1 is 1.17 bits per heavy atom. The average Bonchev–Trinajstić information content (AvgIpc) is 2.56. The van der Waals surface area contributed by atoms with Crippen LogP contribution in [0.5, 0.6) is 5.75 Å².